The number of hydrogen-bond donors (Lipinski definition) is 0. The van der Waals surface area contributed by atoms with Gasteiger partial charge in [-0.1, -0.05) is 26.5 Å². The lowest BCUT2D eigenvalue weighted by atomic mass is 9.85. The second-order valence-corrected chi connectivity index (χ2v) is 7.79. The van der Waals surface area contributed by atoms with E-state index in [0.717, 1.165) is 11.9 Å². The van der Waals surface area contributed by atoms with Gasteiger partial charge in [0.05, 0.1) is 5.92 Å². The largest absolute Gasteiger partial charge is 0.461 e. The van der Waals surface area contributed by atoms with Crippen LogP contribution < -0.4 is 0 Å². The number of allylic oxidation sites excluding steroid dienone is 1. The zero-order chi connectivity index (χ0) is 21.6. The summed E-state index contributed by atoms with van der Waals surface area (Å²) in [6.07, 6.45) is 4.27. The van der Waals surface area contributed by atoms with E-state index >= 15 is 0 Å². The topological polar surface area (TPSA) is 96.0 Å². The summed E-state index contributed by atoms with van der Waals surface area (Å²) in [5, 5.41) is 0. The maximum Gasteiger partial charge on any atom is 0.334 e. The number of carbonyl (C=O) groups excluding carboxylic acids is 4. The summed E-state index contributed by atoms with van der Waals surface area (Å²) < 4.78 is 16.2. The average Bonchev–Trinajstić information content (AvgIpc) is 2.90. The molecular weight excluding hydrogens is 376 g/mol. The third kappa shape index (κ3) is 6.41. The van der Waals surface area contributed by atoms with Gasteiger partial charge in [-0.15, -0.1) is 0 Å². The molecule has 0 unspecified atom stereocenters. The van der Waals surface area contributed by atoms with Gasteiger partial charge in [-0.25, -0.2) is 4.79 Å². The molecule has 0 radical (unpaired) electrons. The van der Waals surface area contributed by atoms with Crippen LogP contribution in [0.15, 0.2) is 35.5 Å². The molecule has 0 spiro atoms. The fraction of sp³-hybridized carbons (Fsp3) is 0.545. The standard InChI is InChI=1S/C22H28O7/c1-13(2)8-20(25)28-18-9-16(11-23)6-5-7-17(12-27-15(4)24)10-19-21(18)14(3)22(26)29-19/h6,10-11,13,18-19,21H,3,5,7-9,12H2,1-2,4H3/b16-6-,17-10-/t18-,19+,21+/m0/s1. The number of carbonyl (C=O) groups is 4. The van der Waals surface area contributed by atoms with Crippen molar-refractivity contribution in [2.75, 3.05) is 6.61 Å². The Labute approximate surface area is 170 Å². The van der Waals surface area contributed by atoms with Crippen LogP contribution in [0.3, 0.4) is 0 Å². The van der Waals surface area contributed by atoms with Crippen LogP contribution in [-0.4, -0.2) is 43.0 Å². The molecule has 0 saturated carbocycles. The van der Waals surface area contributed by atoms with Gasteiger partial charge in [-0.2, -0.15) is 0 Å². The smallest absolute Gasteiger partial charge is 0.334 e. The molecule has 0 aromatic rings. The lowest BCUT2D eigenvalue weighted by molar-refractivity contribution is -0.153. The molecule has 1 aliphatic carbocycles. The predicted octanol–water partition coefficient (Wildman–Crippen LogP) is 2.84. The van der Waals surface area contributed by atoms with Gasteiger partial charge in [0.1, 0.15) is 25.1 Å². The van der Waals surface area contributed by atoms with Crippen LogP contribution in [0.2, 0.25) is 0 Å². The number of fused-ring (bicyclic) bond motifs is 1. The van der Waals surface area contributed by atoms with Crippen molar-refractivity contribution in [3.8, 4) is 0 Å². The summed E-state index contributed by atoms with van der Waals surface area (Å²) in [7, 11) is 0. The van der Waals surface area contributed by atoms with Gasteiger partial charge in [0.25, 0.3) is 0 Å². The third-order valence-corrected chi connectivity index (χ3v) is 4.84. The van der Waals surface area contributed by atoms with Crippen molar-refractivity contribution in [1.29, 1.82) is 0 Å². The molecule has 3 atom stereocenters. The molecule has 1 fully saturated rings. The van der Waals surface area contributed by atoms with E-state index in [1.165, 1.54) is 6.92 Å². The van der Waals surface area contributed by atoms with E-state index in [9.17, 15) is 19.2 Å². The fourth-order valence-electron chi connectivity index (χ4n) is 3.46. The molecule has 2 aliphatic rings. The first kappa shape index (κ1) is 22.6. The van der Waals surface area contributed by atoms with Crippen molar-refractivity contribution >= 4 is 24.2 Å². The molecule has 1 aliphatic heterocycles. The molecule has 29 heavy (non-hydrogen) atoms. The van der Waals surface area contributed by atoms with E-state index in [4.69, 9.17) is 14.2 Å². The molecule has 1 heterocycles. The molecule has 158 valence electrons. The van der Waals surface area contributed by atoms with E-state index in [-0.39, 0.29) is 30.9 Å². The SMILES string of the molecule is C=C1C(=O)O[C@@H]2/C=C(\COC(C)=O)CC/C=C(\C=O)C[C@H](OC(=O)CC(C)C)[C@@H]12. The molecule has 0 N–H and O–H groups in total. The highest BCUT2D eigenvalue weighted by atomic mass is 16.6. The van der Waals surface area contributed by atoms with Crippen LogP contribution in [0.5, 0.6) is 0 Å². The Hall–Kier alpha value is -2.70. The monoisotopic (exact) mass is 404 g/mol. The van der Waals surface area contributed by atoms with Crippen molar-refractivity contribution in [1.82, 2.24) is 0 Å². The van der Waals surface area contributed by atoms with Crippen molar-refractivity contribution in [2.45, 2.75) is 58.7 Å². The molecular formula is C22H28O7. The summed E-state index contributed by atoms with van der Waals surface area (Å²) in [5.74, 6) is -1.89. The molecule has 0 bridgehead atoms. The van der Waals surface area contributed by atoms with Gasteiger partial charge in [0, 0.05) is 25.3 Å². The lowest BCUT2D eigenvalue weighted by Gasteiger charge is -2.27. The predicted molar refractivity (Wildman–Crippen MR) is 105 cm³/mol. The van der Waals surface area contributed by atoms with E-state index in [1.807, 2.05) is 13.8 Å². The second-order valence-electron chi connectivity index (χ2n) is 7.79. The fourth-order valence-corrected chi connectivity index (χ4v) is 3.46. The molecule has 0 aromatic carbocycles. The second kappa shape index (κ2) is 10.2. The Morgan fingerprint density at radius 2 is 2.10 bits per heavy atom. The van der Waals surface area contributed by atoms with Gasteiger partial charge < -0.3 is 14.2 Å². The molecule has 2 rings (SSSR count). The first-order valence-electron chi connectivity index (χ1n) is 9.77. The summed E-state index contributed by atoms with van der Waals surface area (Å²) in [4.78, 5) is 47.3. The quantitative estimate of drug-likeness (QED) is 0.221. The van der Waals surface area contributed by atoms with E-state index in [0.29, 0.717) is 18.4 Å². The molecule has 7 heteroatoms. The Morgan fingerprint density at radius 3 is 2.72 bits per heavy atom. The Balaban J connectivity index is 2.38. The molecule has 0 aromatic heterocycles. The number of esters is 3. The number of rotatable bonds is 6. The Bertz CT molecular complexity index is 744. The molecule has 1 saturated heterocycles. The van der Waals surface area contributed by atoms with E-state index in [2.05, 4.69) is 6.58 Å². The average molecular weight is 404 g/mol. The van der Waals surface area contributed by atoms with Crippen molar-refractivity contribution in [3.63, 3.8) is 0 Å². The van der Waals surface area contributed by atoms with Crippen LogP contribution in [-0.2, 0) is 33.4 Å². The van der Waals surface area contributed by atoms with Crippen LogP contribution in [0.25, 0.3) is 0 Å². The highest BCUT2D eigenvalue weighted by Gasteiger charge is 2.44. The van der Waals surface area contributed by atoms with Crippen LogP contribution in [0, 0.1) is 11.8 Å². The third-order valence-electron chi connectivity index (χ3n) is 4.84. The highest BCUT2D eigenvalue weighted by Crippen LogP contribution is 2.36. The first-order chi connectivity index (χ1) is 13.7. The van der Waals surface area contributed by atoms with E-state index in [1.54, 1.807) is 12.2 Å². The number of aldehydes is 1. The maximum absolute atomic E-state index is 12.3. The normalized spacial score (nSPS) is 28.3. The van der Waals surface area contributed by atoms with Gasteiger partial charge >= 0.3 is 17.9 Å². The Kier molecular flexibility index (Phi) is 7.93. The van der Waals surface area contributed by atoms with Crippen LogP contribution >= 0.6 is 0 Å². The summed E-state index contributed by atoms with van der Waals surface area (Å²) in [6, 6.07) is 0. The summed E-state index contributed by atoms with van der Waals surface area (Å²) in [5.41, 5.74) is 1.44. The Morgan fingerprint density at radius 1 is 1.38 bits per heavy atom. The minimum absolute atomic E-state index is 0.0602. The minimum Gasteiger partial charge on any atom is -0.461 e. The van der Waals surface area contributed by atoms with Crippen LogP contribution in [0.1, 0.15) is 46.5 Å². The lowest BCUT2D eigenvalue weighted by Crippen LogP contribution is -2.34. The van der Waals surface area contributed by atoms with Gasteiger partial charge in [-0.3, -0.25) is 14.4 Å². The van der Waals surface area contributed by atoms with Crippen molar-refractivity contribution in [3.05, 3.63) is 35.5 Å². The minimum atomic E-state index is -0.758. The van der Waals surface area contributed by atoms with Crippen molar-refractivity contribution < 1.29 is 33.4 Å². The molecule has 7 nitrogen and oxygen atoms in total. The zero-order valence-corrected chi connectivity index (χ0v) is 17.1. The molecule has 0 amide bonds. The van der Waals surface area contributed by atoms with Gasteiger partial charge in [-0.05, 0) is 36.0 Å². The van der Waals surface area contributed by atoms with E-state index < -0.39 is 36.0 Å². The maximum atomic E-state index is 12.3. The zero-order valence-electron chi connectivity index (χ0n) is 17.1. The van der Waals surface area contributed by atoms with Crippen molar-refractivity contribution in [2.24, 2.45) is 11.8 Å². The van der Waals surface area contributed by atoms with Gasteiger partial charge in [0.15, 0.2) is 0 Å². The van der Waals surface area contributed by atoms with Crippen LogP contribution in [0.4, 0.5) is 0 Å². The number of hydrogen-bond acceptors (Lipinski definition) is 7. The van der Waals surface area contributed by atoms with Gasteiger partial charge in [0.2, 0.25) is 0 Å². The summed E-state index contributed by atoms with van der Waals surface area (Å²) in [6.45, 7) is 9.01. The number of ether oxygens (including phenoxy) is 3. The summed E-state index contributed by atoms with van der Waals surface area (Å²) >= 11 is 0. The first-order valence-corrected chi connectivity index (χ1v) is 9.77. The highest BCUT2D eigenvalue weighted by molar-refractivity contribution is 5.91.